The molecule has 1 aliphatic carbocycles. The first-order chi connectivity index (χ1) is 14.5. The molecule has 3 rings (SSSR count). The van der Waals surface area contributed by atoms with Crippen molar-refractivity contribution in [1.29, 1.82) is 0 Å². The summed E-state index contributed by atoms with van der Waals surface area (Å²) in [5.41, 5.74) is 2.31. The summed E-state index contributed by atoms with van der Waals surface area (Å²) in [6.07, 6.45) is 9.71. The zero-order valence-corrected chi connectivity index (χ0v) is 18.6. The van der Waals surface area contributed by atoms with Crippen LogP contribution in [0.25, 0.3) is 6.08 Å². The number of hydrogen-bond acceptors (Lipinski definition) is 4. The molecule has 1 fully saturated rings. The van der Waals surface area contributed by atoms with Crippen LogP contribution in [0.4, 0.5) is 0 Å². The first kappa shape index (κ1) is 22.7. The Bertz CT molecular complexity index is 857. The smallest absolute Gasteiger partial charge is 0.237 e. The molecule has 1 saturated heterocycles. The summed E-state index contributed by atoms with van der Waals surface area (Å²) in [5, 5.41) is 4.31. The van der Waals surface area contributed by atoms with Gasteiger partial charge < -0.3 is 5.32 Å². The summed E-state index contributed by atoms with van der Waals surface area (Å²) in [6.45, 7) is 4.47. The summed E-state index contributed by atoms with van der Waals surface area (Å²) in [4.78, 5) is 14.6. The first-order valence-corrected chi connectivity index (χ1v) is 12.4. The lowest BCUT2D eigenvalue weighted by molar-refractivity contribution is -0.126. The maximum atomic E-state index is 12.6. The fourth-order valence-corrected chi connectivity index (χ4v) is 5.13. The summed E-state index contributed by atoms with van der Waals surface area (Å²) < 4.78 is 26.7. The lowest BCUT2D eigenvalue weighted by atomic mass is 9.97. The van der Waals surface area contributed by atoms with Crippen LogP contribution >= 0.6 is 0 Å². The van der Waals surface area contributed by atoms with Gasteiger partial charge in [-0.3, -0.25) is 9.69 Å². The number of carbonyl (C=O) groups is 1. The average molecular weight is 432 g/mol. The summed E-state index contributed by atoms with van der Waals surface area (Å²) in [5.74, 6) is 0.0201. The predicted molar refractivity (Wildman–Crippen MR) is 121 cm³/mol. The standard InChI is InChI=1S/C23H33N3O3S/c1-20(23(27)24-14-12-21-8-4-2-5-9-21)25-15-17-26(18-16-25)30(28,29)19-13-22-10-6-3-7-11-22/h3,6-8,10-11,13,19-20H,2,4-5,9,12,14-18H2,1H3,(H,24,27)/b19-13+/t20-/m0/s1. The minimum Gasteiger partial charge on any atom is -0.354 e. The first-order valence-electron chi connectivity index (χ1n) is 10.9. The quantitative estimate of drug-likeness (QED) is 0.643. The minimum atomic E-state index is -3.46. The summed E-state index contributed by atoms with van der Waals surface area (Å²) >= 11 is 0. The van der Waals surface area contributed by atoms with Crippen molar-refractivity contribution in [2.45, 2.75) is 45.1 Å². The van der Waals surface area contributed by atoms with Crippen LogP contribution in [0, 0.1) is 0 Å². The second-order valence-electron chi connectivity index (χ2n) is 8.02. The number of benzene rings is 1. The number of hydrogen-bond donors (Lipinski definition) is 1. The molecule has 7 heteroatoms. The fourth-order valence-electron chi connectivity index (χ4n) is 3.95. The average Bonchev–Trinajstić information content (AvgIpc) is 2.79. The number of allylic oxidation sites excluding steroid dienone is 1. The Morgan fingerprint density at radius 1 is 1.13 bits per heavy atom. The number of carbonyl (C=O) groups excluding carboxylic acids is 1. The number of sulfonamides is 1. The third-order valence-corrected chi connectivity index (χ3v) is 7.49. The van der Waals surface area contributed by atoms with Gasteiger partial charge in [-0.2, -0.15) is 4.31 Å². The molecule has 0 radical (unpaired) electrons. The van der Waals surface area contributed by atoms with E-state index in [0.717, 1.165) is 24.8 Å². The number of nitrogens with zero attached hydrogens (tertiary/aromatic N) is 2. The Hall–Kier alpha value is -1.96. The number of piperazine rings is 1. The van der Waals surface area contributed by atoms with Gasteiger partial charge in [0, 0.05) is 38.1 Å². The van der Waals surface area contributed by atoms with E-state index >= 15 is 0 Å². The molecule has 1 atom stereocenters. The molecule has 1 amide bonds. The van der Waals surface area contributed by atoms with Gasteiger partial charge >= 0.3 is 0 Å². The van der Waals surface area contributed by atoms with E-state index < -0.39 is 10.0 Å². The Kier molecular flexibility index (Phi) is 8.24. The van der Waals surface area contributed by atoms with Crippen LogP contribution in [0.15, 0.2) is 47.4 Å². The van der Waals surface area contributed by atoms with E-state index in [-0.39, 0.29) is 11.9 Å². The highest BCUT2D eigenvalue weighted by molar-refractivity contribution is 7.92. The molecule has 2 aliphatic rings. The van der Waals surface area contributed by atoms with Crippen LogP contribution in [0.1, 0.15) is 44.6 Å². The number of nitrogens with one attached hydrogen (secondary N) is 1. The SMILES string of the molecule is C[C@@H](C(=O)NCCC1=CCCCC1)N1CCN(S(=O)(=O)/C=C/c2ccccc2)CC1. The fraction of sp³-hybridized carbons (Fsp3) is 0.522. The van der Waals surface area contributed by atoms with E-state index in [4.69, 9.17) is 0 Å². The highest BCUT2D eigenvalue weighted by Crippen LogP contribution is 2.19. The van der Waals surface area contributed by atoms with Crippen molar-refractivity contribution >= 4 is 22.0 Å². The van der Waals surface area contributed by atoms with Gasteiger partial charge in [0.05, 0.1) is 6.04 Å². The third-order valence-electron chi connectivity index (χ3n) is 5.92. The third kappa shape index (κ3) is 6.52. The molecule has 0 saturated carbocycles. The molecule has 1 N–H and O–H groups in total. The van der Waals surface area contributed by atoms with Crippen LogP contribution in [0.2, 0.25) is 0 Å². The Balaban J connectivity index is 1.44. The van der Waals surface area contributed by atoms with Gasteiger partial charge in [-0.15, -0.1) is 0 Å². The molecule has 30 heavy (non-hydrogen) atoms. The molecular weight excluding hydrogens is 398 g/mol. The van der Waals surface area contributed by atoms with Gasteiger partial charge in [-0.25, -0.2) is 8.42 Å². The molecule has 164 valence electrons. The van der Waals surface area contributed by atoms with Gasteiger partial charge in [0.2, 0.25) is 15.9 Å². The monoisotopic (exact) mass is 431 g/mol. The molecule has 0 aromatic heterocycles. The molecule has 1 aromatic carbocycles. The Morgan fingerprint density at radius 3 is 2.53 bits per heavy atom. The molecule has 1 heterocycles. The maximum Gasteiger partial charge on any atom is 0.237 e. The van der Waals surface area contributed by atoms with Crippen LogP contribution in [-0.4, -0.2) is 62.3 Å². The van der Waals surface area contributed by atoms with E-state index in [1.807, 2.05) is 37.3 Å². The molecule has 1 aromatic rings. The zero-order chi connectivity index (χ0) is 21.4. The second kappa shape index (κ2) is 10.9. The van der Waals surface area contributed by atoms with Crippen LogP contribution < -0.4 is 5.32 Å². The van der Waals surface area contributed by atoms with Crippen molar-refractivity contribution in [2.24, 2.45) is 0 Å². The highest BCUT2D eigenvalue weighted by Gasteiger charge is 2.29. The number of amides is 1. The van der Waals surface area contributed by atoms with Gasteiger partial charge in [0.1, 0.15) is 0 Å². The lowest BCUT2D eigenvalue weighted by Gasteiger charge is -2.36. The maximum absolute atomic E-state index is 12.6. The second-order valence-corrected chi connectivity index (χ2v) is 9.84. The molecule has 0 bridgehead atoms. The van der Waals surface area contributed by atoms with Gasteiger partial charge in [0.25, 0.3) is 0 Å². The van der Waals surface area contributed by atoms with Gasteiger partial charge in [0.15, 0.2) is 0 Å². The van der Waals surface area contributed by atoms with Crippen LogP contribution in [0.5, 0.6) is 0 Å². The van der Waals surface area contributed by atoms with Gasteiger partial charge in [-0.1, -0.05) is 42.0 Å². The molecule has 1 aliphatic heterocycles. The summed E-state index contributed by atoms with van der Waals surface area (Å²) in [6, 6.07) is 9.14. The normalized spacial score (nSPS) is 20.1. The van der Waals surface area contributed by atoms with Crippen molar-refractivity contribution < 1.29 is 13.2 Å². The van der Waals surface area contributed by atoms with E-state index in [2.05, 4.69) is 16.3 Å². The topological polar surface area (TPSA) is 69.7 Å². The van der Waals surface area contributed by atoms with Crippen molar-refractivity contribution in [1.82, 2.24) is 14.5 Å². The highest BCUT2D eigenvalue weighted by atomic mass is 32.2. The molecule has 0 spiro atoms. The largest absolute Gasteiger partial charge is 0.354 e. The van der Waals surface area contributed by atoms with E-state index in [1.54, 1.807) is 6.08 Å². The zero-order valence-electron chi connectivity index (χ0n) is 17.8. The van der Waals surface area contributed by atoms with E-state index in [1.165, 1.54) is 28.1 Å². The van der Waals surface area contributed by atoms with E-state index in [9.17, 15) is 13.2 Å². The van der Waals surface area contributed by atoms with Crippen molar-refractivity contribution in [3.63, 3.8) is 0 Å². The molecule has 0 unspecified atom stereocenters. The Morgan fingerprint density at radius 2 is 1.87 bits per heavy atom. The van der Waals surface area contributed by atoms with Crippen LogP contribution in [-0.2, 0) is 14.8 Å². The molecular formula is C23H33N3O3S. The van der Waals surface area contributed by atoms with Crippen molar-refractivity contribution in [3.05, 3.63) is 53.0 Å². The van der Waals surface area contributed by atoms with E-state index in [0.29, 0.717) is 32.7 Å². The lowest BCUT2D eigenvalue weighted by Crippen LogP contribution is -2.54. The van der Waals surface area contributed by atoms with Crippen molar-refractivity contribution in [2.75, 3.05) is 32.7 Å². The molecule has 6 nitrogen and oxygen atoms in total. The van der Waals surface area contributed by atoms with Crippen LogP contribution in [0.3, 0.4) is 0 Å². The summed E-state index contributed by atoms with van der Waals surface area (Å²) in [7, 11) is -3.46. The Labute approximate surface area is 180 Å². The number of rotatable bonds is 8. The van der Waals surface area contributed by atoms with Gasteiger partial charge in [-0.05, 0) is 50.7 Å². The predicted octanol–water partition coefficient (Wildman–Crippen LogP) is 3.00. The minimum absolute atomic E-state index is 0.0201. The van der Waals surface area contributed by atoms with Crippen molar-refractivity contribution in [3.8, 4) is 0 Å².